The minimum Gasteiger partial charge on any atom is -0.355 e. The second kappa shape index (κ2) is 5.59. The Balaban J connectivity index is 2.16. The molecule has 3 heteroatoms. The van der Waals surface area contributed by atoms with Gasteiger partial charge in [-0.15, -0.1) is 11.6 Å². The molecule has 0 aromatic heterocycles. The number of carbonyl (C=O) groups excluding carboxylic acids is 1. The number of hydrogen-bond acceptors (Lipinski definition) is 1. The first-order valence-electron chi connectivity index (χ1n) is 5.51. The van der Waals surface area contributed by atoms with Crippen LogP contribution >= 0.6 is 11.6 Å². The standard InChI is InChI=1S/C11H20ClNO/c1-8-3-5-10(6-4-8)7-13-11(14)9(2)12/h8-10H,3-7H2,1-2H3,(H,13,14). The largest absolute Gasteiger partial charge is 0.355 e. The molecule has 1 amide bonds. The maximum atomic E-state index is 11.2. The Morgan fingerprint density at radius 1 is 1.43 bits per heavy atom. The maximum absolute atomic E-state index is 11.2. The molecule has 0 radical (unpaired) electrons. The molecular weight excluding hydrogens is 198 g/mol. The number of hydrogen-bond donors (Lipinski definition) is 1. The van der Waals surface area contributed by atoms with Crippen LogP contribution in [0.2, 0.25) is 0 Å². The third kappa shape index (κ3) is 3.87. The van der Waals surface area contributed by atoms with E-state index < -0.39 is 5.38 Å². The Kier molecular flexibility index (Phi) is 4.73. The van der Waals surface area contributed by atoms with Crippen LogP contribution in [0.15, 0.2) is 0 Å². The lowest BCUT2D eigenvalue weighted by atomic mass is 9.83. The van der Waals surface area contributed by atoms with Crippen LogP contribution in [0.25, 0.3) is 0 Å². The molecule has 0 aromatic carbocycles. The molecular formula is C11H20ClNO. The monoisotopic (exact) mass is 217 g/mol. The summed E-state index contributed by atoms with van der Waals surface area (Å²) in [5, 5.41) is 2.49. The van der Waals surface area contributed by atoms with E-state index in [1.807, 2.05) is 0 Å². The van der Waals surface area contributed by atoms with Crippen molar-refractivity contribution in [3.63, 3.8) is 0 Å². The molecule has 1 saturated carbocycles. The predicted molar refractivity (Wildman–Crippen MR) is 59.4 cm³/mol. The lowest BCUT2D eigenvalue weighted by Gasteiger charge is -2.26. The second-order valence-electron chi connectivity index (χ2n) is 4.49. The average Bonchev–Trinajstić information content (AvgIpc) is 2.16. The first-order chi connectivity index (χ1) is 6.59. The number of carbonyl (C=O) groups is 1. The molecule has 82 valence electrons. The summed E-state index contributed by atoms with van der Waals surface area (Å²) in [5.74, 6) is 1.50. The first kappa shape index (κ1) is 11.8. The van der Waals surface area contributed by atoms with Gasteiger partial charge in [0.15, 0.2) is 0 Å². The van der Waals surface area contributed by atoms with Crippen LogP contribution in [0.1, 0.15) is 39.5 Å². The van der Waals surface area contributed by atoms with E-state index in [1.165, 1.54) is 25.7 Å². The molecule has 1 rings (SSSR count). The first-order valence-corrected chi connectivity index (χ1v) is 5.95. The normalized spacial score (nSPS) is 29.6. The molecule has 1 atom stereocenters. The molecule has 1 aliphatic carbocycles. The molecule has 0 spiro atoms. The van der Waals surface area contributed by atoms with Crippen molar-refractivity contribution in [2.45, 2.75) is 44.9 Å². The van der Waals surface area contributed by atoms with Crippen molar-refractivity contribution >= 4 is 17.5 Å². The van der Waals surface area contributed by atoms with Gasteiger partial charge in [0.25, 0.3) is 0 Å². The number of rotatable bonds is 3. The van der Waals surface area contributed by atoms with E-state index in [4.69, 9.17) is 11.6 Å². The van der Waals surface area contributed by atoms with Crippen molar-refractivity contribution in [2.75, 3.05) is 6.54 Å². The van der Waals surface area contributed by atoms with Gasteiger partial charge in [-0.05, 0) is 31.6 Å². The van der Waals surface area contributed by atoms with E-state index in [1.54, 1.807) is 6.92 Å². The van der Waals surface area contributed by atoms with E-state index in [-0.39, 0.29) is 5.91 Å². The van der Waals surface area contributed by atoms with Gasteiger partial charge in [-0.2, -0.15) is 0 Å². The highest BCUT2D eigenvalue weighted by atomic mass is 35.5. The highest BCUT2D eigenvalue weighted by Gasteiger charge is 2.19. The van der Waals surface area contributed by atoms with Crippen LogP contribution < -0.4 is 5.32 Å². The maximum Gasteiger partial charge on any atom is 0.237 e. The second-order valence-corrected chi connectivity index (χ2v) is 5.14. The van der Waals surface area contributed by atoms with Crippen LogP contribution in [-0.2, 0) is 4.79 Å². The van der Waals surface area contributed by atoms with E-state index in [2.05, 4.69) is 12.2 Å². The zero-order chi connectivity index (χ0) is 10.6. The van der Waals surface area contributed by atoms with Gasteiger partial charge in [0.2, 0.25) is 5.91 Å². The van der Waals surface area contributed by atoms with E-state index >= 15 is 0 Å². The van der Waals surface area contributed by atoms with Crippen LogP contribution in [0.4, 0.5) is 0 Å². The fourth-order valence-electron chi connectivity index (χ4n) is 1.92. The van der Waals surface area contributed by atoms with Crippen LogP contribution in [0, 0.1) is 11.8 Å². The minimum atomic E-state index is -0.405. The molecule has 0 aliphatic heterocycles. The van der Waals surface area contributed by atoms with Crippen molar-refractivity contribution in [3.8, 4) is 0 Å². The number of alkyl halides is 1. The smallest absolute Gasteiger partial charge is 0.237 e. The number of nitrogens with one attached hydrogen (secondary N) is 1. The van der Waals surface area contributed by atoms with Crippen LogP contribution in [-0.4, -0.2) is 17.8 Å². The van der Waals surface area contributed by atoms with Crippen LogP contribution in [0.5, 0.6) is 0 Å². The fourth-order valence-corrected chi connectivity index (χ4v) is 2.00. The van der Waals surface area contributed by atoms with Crippen molar-refractivity contribution in [2.24, 2.45) is 11.8 Å². The summed E-state index contributed by atoms with van der Waals surface area (Å²) < 4.78 is 0. The van der Waals surface area contributed by atoms with Gasteiger partial charge in [-0.3, -0.25) is 4.79 Å². The lowest BCUT2D eigenvalue weighted by molar-refractivity contribution is -0.120. The molecule has 1 fully saturated rings. The van der Waals surface area contributed by atoms with Gasteiger partial charge in [0.05, 0.1) is 0 Å². The third-order valence-corrected chi connectivity index (χ3v) is 3.26. The topological polar surface area (TPSA) is 29.1 Å². The highest BCUT2D eigenvalue weighted by molar-refractivity contribution is 6.30. The SMILES string of the molecule is CC1CCC(CNC(=O)C(C)Cl)CC1. The highest BCUT2D eigenvalue weighted by Crippen LogP contribution is 2.27. The van der Waals surface area contributed by atoms with Crippen molar-refractivity contribution in [1.82, 2.24) is 5.32 Å². The summed E-state index contributed by atoms with van der Waals surface area (Å²) >= 11 is 5.66. The Labute approximate surface area is 91.4 Å². The zero-order valence-corrected chi connectivity index (χ0v) is 9.81. The summed E-state index contributed by atoms with van der Waals surface area (Å²) in [6.45, 7) is 4.82. The Morgan fingerprint density at radius 2 is 2.00 bits per heavy atom. The third-order valence-electron chi connectivity index (χ3n) is 3.06. The van der Waals surface area contributed by atoms with Gasteiger partial charge >= 0.3 is 0 Å². The lowest BCUT2D eigenvalue weighted by Crippen LogP contribution is -2.34. The minimum absolute atomic E-state index is 0.0368. The Hall–Kier alpha value is -0.240. The van der Waals surface area contributed by atoms with E-state index in [0.717, 1.165) is 12.5 Å². The molecule has 14 heavy (non-hydrogen) atoms. The van der Waals surface area contributed by atoms with Gasteiger partial charge in [-0.1, -0.05) is 19.8 Å². The predicted octanol–water partition coefficient (Wildman–Crippen LogP) is 2.56. The Bertz CT molecular complexity index is 186. The van der Waals surface area contributed by atoms with Gasteiger partial charge in [0, 0.05) is 6.54 Å². The molecule has 1 unspecified atom stereocenters. The number of amides is 1. The molecule has 2 nitrogen and oxygen atoms in total. The molecule has 1 N–H and O–H groups in total. The molecule has 1 aliphatic rings. The Morgan fingerprint density at radius 3 is 2.50 bits per heavy atom. The van der Waals surface area contributed by atoms with Crippen molar-refractivity contribution in [1.29, 1.82) is 0 Å². The molecule has 0 aromatic rings. The molecule has 0 bridgehead atoms. The summed E-state index contributed by atoms with van der Waals surface area (Å²) in [6.07, 6.45) is 5.10. The van der Waals surface area contributed by atoms with Crippen molar-refractivity contribution in [3.05, 3.63) is 0 Å². The van der Waals surface area contributed by atoms with Crippen molar-refractivity contribution < 1.29 is 4.79 Å². The quantitative estimate of drug-likeness (QED) is 0.724. The van der Waals surface area contributed by atoms with Gasteiger partial charge in [0.1, 0.15) is 5.38 Å². The summed E-state index contributed by atoms with van der Waals surface area (Å²) in [7, 11) is 0. The van der Waals surface area contributed by atoms with E-state index in [9.17, 15) is 4.79 Å². The summed E-state index contributed by atoms with van der Waals surface area (Å²) in [4.78, 5) is 11.2. The van der Waals surface area contributed by atoms with Gasteiger partial charge in [-0.25, -0.2) is 0 Å². The molecule has 0 heterocycles. The zero-order valence-electron chi connectivity index (χ0n) is 9.05. The molecule has 0 saturated heterocycles. The number of halogens is 1. The summed E-state index contributed by atoms with van der Waals surface area (Å²) in [6, 6.07) is 0. The van der Waals surface area contributed by atoms with E-state index in [0.29, 0.717) is 5.92 Å². The van der Waals surface area contributed by atoms with Gasteiger partial charge < -0.3 is 5.32 Å². The fraction of sp³-hybridized carbons (Fsp3) is 0.909. The van der Waals surface area contributed by atoms with Crippen LogP contribution in [0.3, 0.4) is 0 Å². The average molecular weight is 218 g/mol. The summed E-state index contributed by atoms with van der Waals surface area (Å²) in [5.41, 5.74) is 0.